The van der Waals surface area contributed by atoms with E-state index in [4.69, 9.17) is 11.6 Å². The number of hydrogen-bond donors (Lipinski definition) is 1. The highest BCUT2D eigenvalue weighted by atomic mass is 35.5. The summed E-state index contributed by atoms with van der Waals surface area (Å²) in [6.07, 6.45) is 2.36. The predicted molar refractivity (Wildman–Crippen MR) is 81.2 cm³/mol. The molecule has 1 aliphatic carbocycles. The van der Waals surface area contributed by atoms with Crippen molar-refractivity contribution < 1.29 is 4.79 Å². The van der Waals surface area contributed by atoms with Gasteiger partial charge in [0.1, 0.15) is 0 Å². The third-order valence-electron chi connectivity index (χ3n) is 3.68. The second kappa shape index (κ2) is 5.41. The van der Waals surface area contributed by atoms with E-state index in [-0.39, 0.29) is 11.3 Å². The van der Waals surface area contributed by atoms with Gasteiger partial charge in [0.2, 0.25) is 0 Å². The molecule has 1 heterocycles. The highest BCUT2D eigenvalue weighted by Crippen LogP contribution is 2.35. The molecule has 1 aromatic heterocycles. The number of nitrogens with one attached hydrogen (secondary N) is 1. The van der Waals surface area contributed by atoms with Crippen molar-refractivity contribution in [3.63, 3.8) is 0 Å². The van der Waals surface area contributed by atoms with Gasteiger partial charge in [0.25, 0.3) is 5.91 Å². The number of aryl methyl sites for hydroxylation is 1. The lowest BCUT2D eigenvalue weighted by atomic mass is 10.1. The summed E-state index contributed by atoms with van der Waals surface area (Å²) in [6, 6.07) is 9.53. The van der Waals surface area contributed by atoms with Crippen molar-refractivity contribution in [2.75, 3.05) is 6.54 Å². The average Bonchev–Trinajstić information content (AvgIpc) is 3.28. The number of halogens is 1. The number of carbonyl (C=O) groups excluding carboxylic acids is 1. The minimum atomic E-state index is -0.0713. The van der Waals surface area contributed by atoms with Crippen LogP contribution >= 0.6 is 11.6 Å². The fourth-order valence-electron chi connectivity index (χ4n) is 2.41. The van der Waals surface area contributed by atoms with Gasteiger partial charge < -0.3 is 5.32 Å². The Labute approximate surface area is 123 Å². The van der Waals surface area contributed by atoms with Crippen LogP contribution in [-0.2, 0) is 0 Å². The fraction of sp³-hybridized carbons (Fsp3) is 0.375. The van der Waals surface area contributed by atoms with Crippen molar-refractivity contribution in [3.8, 4) is 0 Å². The van der Waals surface area contributed by atoms with Gasteiger partial charge in [0, 0.05) is 17.6 Å². The van der Waals surface area contributed by atoms with Gasteiger partial charge in [-0.2, -0.15) is 0 Å². The number of para-hydroxylation sites is 1. The zero-order chi connectivity index (χ0) is 14.1. The third-order valence-corrected chi connectivity index (χ3v) is 4.19. The summed E-state index contributed by atoms with van der Waals surface area (Å²) in [4.78, 5) is 16.8. The van der Waals surface area contributed by atoms with Crippen LogP contribution in [0.3, 0.4) is 0 Å². The Kier molecular flexibility index (Phi) is 3.62. The normalized spacial score (nSPS) is 16.1. The van der Waals surface area contributed by atoms with Crippen molar-refractivity contribution in [3.05, 3.63) is 41.6 Å². The Hall–Kier alpha value is -1.61. The summed E-state index contributed by atoms with van der Waals surface area (Å²) in [5, 5.41) is 3.87. The summed E-state index contributed by atoms with van der Waals surface area (Å²) in [5.41, 5.74) is 2.37. The van der Waals surface area contributed by atoms with Crippen LogP contribution in [0.1, 0.15) is 28.9 Å². The van der Waals surface area contributed by atoms with Crippen LogP contribution in [0.25, 0.3) is 10.9 Å². The van der Waals surface area contributed by atoms with Crippen molar-refractivity contribution in [2.45, 2.75) is 25.1 Å². The molecule has 1 aliphatic rings. The molecule has 0 saturated heterocycles. The number of carbonyl (C=O) groups is 1. The number of fused-ring (bicyclic) bond motifs is 1. The molecule has 1 fully saturated rings. The van der Waals surface area contributed by atoms with E-state index in [0.717, 1.165) is 16.6 Å². The smallest absolute Gasteiger partial charge is 0.252 e. The zero-order valence-corrected chi connectivity index (χ0v) is 12.2. The van der Waals surface area contributed by atoms with Crippen LogP contribution in [-0.4, -0.2) is 22.8 Å². The first-order valence-electron chi connectivity index (χ1n) is 6.94. The Morgan fingerprint density at radius 2 is 2.20 bits per heavy atom. The molecular formula is C16H17ClN2O. The van der Waals surface area contributed by atoms with Crippen LogP contribution < -0.4 is 5.32 Å². The van der Waals surface area contributed by atoms with Gasteiger partial charge in [-0.25, -0.2) is 0 Å². The second-order valence-electron chi connectivity index (χ2n) is 5.39. The van der Waals surface area contributed by atoms with E-state index in [1.54, 1.807) is 0 Å². The van der Waals surface area contributed by atoms with E-state index < -0.39 is 0 Å². The molecule has 1 saturated carbocycles. The van der Waals surface area contributed by atoms with Gasteiger partial charge >= 0.3 is 0 Å². The SMILES string of the molecule is Cc1cc(C(=O)NCC(Cl)C2CC2)c2ccccc2n1. The van der Waals surface area contributed by atoms with Gasteiger partial charge in [-0.05, 0) is 37.8 Å². The standard InChI is InChI=1S/C16H17ClN2O/c1-10-8-13(12-4-2-3-5-15(12)19-10)16(20)18-9-14(17)11-6-7-11/h2-5,8,11,14H,6-7,9H2,1H3,(H,18,20). The van der Waals surface area contributed by atoms with Gasteiger partial charge in [0.05, 0.1) is 16.5 Å². The van der Waals surface area contributed by atoms with Crippen LogP contribution in [0.4, 0.5) is 0 Å². The summed E-state index contributed by atoms with van der Waals surface area (Å²) in [7, 11) is 0. The lowest BCUT2D eigenvalue weighted by Crippen LogP contribution is -2.30. The van der Waals surface area contributed by atoms with Crippen molar-refractivity contribution in [1.29, 1.82) is 0 Å². The maximum atomic E-state index is 12.4. The monoisotopic (exact) mass is 288 g/mol. The van der Waals surface area contributed by atoms with E-state index in [9.17, 15) is 4.79 Å². The Morgan fingerprint density at radius 3 is 2.95 bits per heavy atom. The predicted octanol–water partition coefficient (Wildman–Crippen LogP) is 3.29. The van der Waals surface area contributed by atoms with Crippen LogP contribution in [0.2, 0.25) is 0 Å². The molecule has 1 unspecified atom stereocenters. The lowest BCUT2D eigenvalue weighted by molar-refractivity contribution is 0.0954. The Morgan fingerprint density at radius 1 is 1.45 bits per heavy atom. The minimum Gasteiger partial charge on any atom is -0.351 e. The molecule has 4 heteroatoms. The Bertz CT molecular complexity index is 652. The van der Waals surface area contributed by atoms with E-state index in [2.05, 4.69) is 10.3 Å². The number of benzene rings is 1. The van der Waals surface area contributed by atoms with Crippen molar-refractivity contribution >= 4 is 28.4 Å². The molecule has 1 N–H and O–H groups in total. The van der Waals surface area contributed by atoms with Gasteiger partial charge in [-0.1, -0.05) is 18.2 Å². The summed E-state index contributed by atoms with van der Waals surface area (Å²) in [5.74, 6) is 0.505. The van der Waals surface area contributed by atoms with Gasteiger partial charge in [-0.3, -0.25) is 9.78 Å². The lowest BCUT2D eigenvalue weighted by Gasteiger charge is -2.11. The molecular weight excluding hydrogens is 272 g/mol. The van der Waals surface area contributed by atoms with Crippen LogP contribution in [0.15, 0.2) is 30.3 Å². The van der Waals surface area contributed by atoms with E-state index in [0.29, 0.717) is 18.0 Å². The number of amides is 1. The number of aromatic nitrogens is 1. The average molecular weight is 289 g/mol. The zero-order valence-electron chi connectivity index (χ0n) is 11.4. The molecule has 0 aliphatic heterocycles. The summed E-state index contributed by atoms with van der Waals surface area (Å²) in [6.45, 7) is 2.43. The van der Waals surface area contributed by atoms with Crippen molar-refractivity contribution in [2.24, 2.45) is 5.92 Å². The largest absolute Gasteiger partial charge is 0.351 e. The molecule has 3 rings (SSSR count). The molecule has 3 nitrogen and oxygen atoms in total. The molecule has 0 spiro atoms. The number of hydrogen-bond acceptors (Lipinski definition) is 2. The molecule has 1 atom stereocenters. The number of rotatable bonds is 4. The molecule has 1 amide bonds. The number of alkyl halides is 1. The van der Waals surface area contributed by atoms with Gasteiger partial charge in [0.15, 0.2) is 0 Å². The molecule has 0 bridgehead atoms. The first-order chi connectivity index (χ1) is 9.65. The Balaban J connectivity index is 1.83. The second-order valence-corrected chi connectivity index (χ2v) is 5.95. The molecule has 104 valence electrons. The van der Waals surface area contributed by atoms with E-state index >= 15 is 0 Å². The first-order valence-corrected chi connectivity index (χ1v) is 7.37. The molecule has 0 radical (unpaired) electrons. The molecule has 20 heavy (non-hydrogen) atoms. The third kappa shape index (κ3) is 2.78. The quantitative estimate of drug-likeness (QED) is 0.877. The topological polar surface area (TPSA) is 42.0 Å². The maximum absolute atomic E-state index is 12.4. The van der Waals surface area contributed by atoms with E-state index in [1.807, 2.05) is 37.3 Å². The number of nitrogens with zero attached hydrogens (tertiary/aromatic N) is 1. The highest BCUT2D eigenvalue weighted by Gasteiger charge is 2.29. The summed E-state index contributed by atoms with van der Waals surface area (Å²) < 4.78 is 0. The molecule has 2 aromatic rings. The highest BCUT2D eigenvalue weighted by molar-refractivity contribution is 6.21. The minimum absolute atomic E-state index is 0.0492. The molecule has 1 aromatic carbocycles. The summed E-state index contributed by atoms with van der Waals surface area (Å²) >= 11 is 6.23. The maximum Gasteiger partial charge on any atom is 0.252 e. The number of pyridine rings is 1. The fourth-order valence-corrected chi connectivity index (χ4v) is 2.73. The first kappa shape index (κ1) is 13.4. The van der Waals surface area contributed by atoms with Gasteiger partial charge in [-0.15, -0.1) is 11.6 Å². The van der Waals surface area contributed by atoms with E-state index in [1.165, 1.54) is 12.8 Å². The van der Waals surface area contributed by atoms with Crippen LogP contribution in [0.5, 0.6) is 0 Å². The van der Waals surface area contributed by atoms with Crippen LogP contribution in [0, 0.1) is 12.8 Å². The van der Waals surface area contributed by atoms with Crippen molar-refractivity contribution in [1.82, 2.24) is 10.3 Å².